The summed E-state index contributed by atoms with van der Waals surface area (Å²) in [6.45, 7) is 12.4. The van der Waals surface area contributed by atoms with E-state index in [1.165, 1.54) is 16.7 Å². The molecule has 1 atom stereocenters. The van der Waals surface area contributed by atoms with Crippen LogP contribution in [0.1, 0.15) is 81.2 Å². The normalized spacial score (nSPS) is 13.5. The van der Waals surface area contributed by atoms with Gasteiger partial charge >= 0.3 is 0 Å². The van der Waals surface area contributed by atoms with Crippen LogP contribution in [0, 0.1) is 13.8 Å². The summed E-state index contributed by atoms with van der Waals surface area (Å²) in [5.41, 5.74) is 4.99. The summed E-state index contributed by atoms with van der Waals surface area (Å²) < 4.78 is 5.70. The number of hydrogen-bond donors (Lipinski definition) is 3. The molecule has 0 aliphatic carbocycles. The first-order chi connectivity index (χ1) is 15.7. The van der Waals surface area contributed by atoms with E-state index in [0.29, 0.717) is 12.8 Å². The number of ether oxygens (including phenoxy) is 1. The number of aliphatic hydroxyl groups excluding tert-OH is 2. The highest BCUT2D eigenvalue weighted by molar-refractivity contribution is 5.57. The van der Waals surface area contributed by atoms with Crippen LogP contribution in [0.25, 0.3) is 6.08 Å². The molecule has 0 saturated heterocycles. The number of hydrogen-bond acceptors (Lipinski definition) is 4. The third-order valence-electron chi connectivity index (χ3n) is 7.20. The van der Waals surface area contributed by atoms with Gasteiger partial charge < -0.3 is 20.1 Å². The second kappa shape index (κ2) is 11.8. The largest absolute Gasteiger partial charge is 0.491 e. The van der Waals surface area contributed by atoms with E-state index in [2.05, 4.69) is 51.1 Å². The van der Waals surface area contributed by atoms with E-state index < -0.39 is 11.7 Å². The summed E-state index contributed by atoms with van der Waals surface area (Å²) in [5.74, 6) is 0.725. The maximum absolute atomic E-state index is 10.6. The van der Waals surface area contributed by atoms with Crippen LogP contribution in [-0.2, 0) is 5.41 Å². The molecule has 0 unspecified atom stereocenters. The van der Waals surface area contributed by atoms with Crippen LogP contribution in [0.4, 0.5) is 0 Å². The Bertz CT molecular complexity index is 923. The van der Waals surface area contributed by atoms with E-state index in [0.717, 1.165) is 29.7 Å². The monoisotopic (exact) mass is 454 g/mol. The summed E-state index contributed by atoms with van der Waals surface area (Å²) in [7, 11) is 0. The molecule has 4 heteroatoms. The Morgan fingerprint density at radius 3 is 1.94 bits per heavy atom. The van der Waals surface area contributed by atoms with Gasteiger partial charge in [-0.05, 0) is 73.4 Å². The van der Waals surface area contributed by atoms with Gasteiger partial charge in [0.25, 0.3) is 0 Å². The number of aliphatic hydroxyl groups is 3. The Morgan fingerprint density at radius 1 is 0.879 bits per heavy atom. The highest BCUT2D eigenvalue weighted by atomic mass is 16.5. The fourth-order valence-electron chi connectivity index (χ4n) is 4.47. The molecule has 3 N–H and O–H groups in total. The molecule has 0 spiro atoms. The molecule has 0 amide bonds. The van der Waals surface area contributed by atoms with Crippen molar-refractivity contribution in [2.75, 3.05) is 13.2 Å². The Balaban J connectivity index is 2.40. The van der Waals surface area contributed by atoms with Crippen LogP contribution < -0.4 is 4.74 Å². The van der Waals surface area contributed by atoms with Crippen molar-refractivity contribution in [2.24, 2.45) is 0 Å². The molecule has 0 aromatic heterocycles. The molecule has 0 fully saturated rings. The van der Waals surface area contributed by atoms with Crippen LogP contribution >= 0.6 is 0 Å². The van der Waals surface area contributed by atoms with E-state index in [4.69, 9.17) is 9.84 Å². The zero-order valence-corrected chi connectivity index (χ0v) is 21.2. The van der Waals surface area contributed by atoms with Crippen LogP contribution in [0.15, 0.2) is 42.5 Å². The predicted molar refractivity (Wildman–Crippen MR) is 137 cm³/mol. The zero-order valence-electron chi connectivity index (χ0n) is 21.2. The molecule has 0 radical (unpaired) electrons. The lowest BCUT2D eigenvalue weighted by Crippen LogP contribution is -2.26. The Hall–Kier alpha value is -2.14. The summed E-state index contributed by atoms with van der Waals surface area (Å²) in [5, 5.41) is 29.2. The first-order valence-corrected chi connectivity index (χ1v) is 12.2. The first kappa shape index (κ1) is 27.1. The van der Waals surface area contributed by atoms with Gasteiger partial charge in [-0.3, -0.25) is 0 Å². The van der Waals surface area contributed by atoms with Crippen LogP contribution in [0.3, 0.4) is 0 Å². The molecular weight excluding hydrogens is 412 g/mol. The van der Waals surface area contributed by atoms with Gasteiger partial charge in [0, 0.05) is 5.41 Å². The van der Waals surface area contributed by atoms with Crippen LogP contribution in [0.5, 0.6) is 5.75 Å². The van der Waals surface area contributed by atoms with Gasteiger partial charge in [-0.1, -0.05) is 70.2 Å². The first-order valence-electron chi connectivity index (χ1n) is 12.2. The number of aryl methyl sites for hydroxylation is 2. The average molecular weight is 455 g/mol. The van der Waals surface area contributed by atoms with Gasteiger partial charge in [0.2, 0.25) is 0 Å². The van der Waals surface area contributed by atoms with Gasteiger partial charge in [-0.25, -0.2) is 0 Å². The number of benzene rings is 2. The lowest BCUT2D eigenvalue weighted by molar-refractivity contribution is 0.0534. The van der Waals surface area contributed by atoms with Crippen molar-refractivity contribution in [1.82, 2.24) is 0 Å². The van der Waals surface area contributed by atoms with Crippen molar-refractivity contribution >= 4 is 6.08 Å². The molecule has 2 rings (SSSR count). The van der Waals surface area contributed by atoms with Crippen molar-refractivity contribution in [3.63, 3.8) is 0 Å². The van der Waals surface area contributed by atoms with Gasteiger partial charge in [-0.15, -0.1) is 0 Å². The van der Waals surface area contributed by atoms with Crippen molar-refractivity contribution < 1.29 is 20.1 Å². The van der Waals surface area contributed by atoms with E-state index in [-0.39, 0.29) is 18.6 Å². The van der Waals surface area contributed by atoms with Gasteiger partial charge in [0.15, 0.2) is 0 Å². The Labute approximate surface area is 199 Å². The topological polar surface area (TPSA) is 69.9 Å². The highest BCUT2D eigenvalue weighted by Crippen LogP contribution is 2.41. The minimum atomic E-state index is -0.879. The SMILES string of the molecule is CCC(O)(/C=C/c1ccc(C(CC)(CC)c2ccc(OC[C@@H](O)CO)c(C)c2)cc1C)CC. The molecule has 0 saturated carbocycles. The van der Waals surface area contributed by atoms with Crippen molar-refractivity contribution in [3.05, 3.63) is 70.3 Å². The minimum Gasteiger partial charge on any atom is -0.491 e. The molecule has 0 heterocycles. The van der Waals surface area contributed by atoms with E-state index in [1.807, 2.05) is 39.0 Å². The molecule has 2 aromatic carbocycles. The Morgan fingerprint density at radius 2 is 1.45 bits per heavy atom. The lowest BCUT2D eigenvalue weighted by atomic mass is 9.70. The third kappa shape index (κ3) is 6.26. The third-order valence-corrected chi connectivity index (χ3v) is 7.20. The summed E-state index contributed by atoms with van der Waals surface area (Å²) in [6.07, 6.45) is 6.42. The summed E-state index contributed by atoms with van der Waals surface area (Å²) >= 11 is 0. The maximum atomic E-state index is 10.6. The summed E-state index contributed by atoms with van der Waals surface area (Å²) in [6, 6.07) is 12.9. The average Bonchev–Trinajstić information content (AvgIpc) is 2.83. The van der Waals surface area contributed by atoms with Crippen LogP contribution in [0.2, 0.25) is 0 Å². The quantitative estimate of drug-likeness (QED) is 0.384. The maximum Gasteiger partial charge on any atom is 0.122 e. The molecule has 2 aromatic rings. The second-order valence-electron chi connectivity index (χ2n) is 9.13. The van der Waals surface area contributed by atoms with Crippen molar-refractivity contribution in [2.45, 2.75) is 84.3 Å². The second-order valence-corrected chi connectivity index (χ2v) is 9.13. The molecule has 0 bridgehead atoms. The molecule has 182 valence electrons. The molecule has 0 aliphatic rings. The van der Waals surface area contributed by atoms with Gasteiger partial charge in [0.1, 0.15) is 18.5 Å². The molecule has 4 nitrogen and oxygen atoms in total. The fraction of sp³-hybridized carbons (Fsp3) is 0.517. The predicted octanol–water partition coefficient (Wildman–Crippen LogP) is 5.71. The van der Waals surface area contributed by atoms with Gasteiger partial charge in [-0.2, -0.15) is 0 Å². The molecule has 0 aliphatic heterocycles. The van der Waals surface area contributed by atoms with Crippen molar-refractivity contribution in [3.8, 4) is 5.75 Å². The summed E-state index contributed by atoms with van der Waals surface area (Å²) in [4.78, 5) is 0. The molecule has 33 heavy (non-hydrogen) atoms. The standard InChI is InChI=1S/C29H42O4/c1-7-28(32,8-2)16-15-23-11-12-24(17-21(23)5)29(9-3,10-4)25-13-14-27(22(6)18-25)33-20-26(31)19-30/h11-18,26,30-32H,7-10,19-20H2,1-6H3/b16-15+/t26-/m0/s1. The Kier molecular flexibility index (Phi) is 9.71. The number of rotatable bonds is 12. The fourth-order valence-corrected chi connectivity index (χ4v) is 4.47. The highest BCUT2D eigenvalue weighted by Gasteiger charge is 2.31. The molecular formula is C29H42O4. The van der Waals surface area contributed by atoms with E-state index in [9.17, 15) is 10.2 Å². The van der Waals surface area contributed by atoms with E-state index in [1.54, 1.807) is 0 Å². The van der Waals surface area contributed by atoms with E-state index >= 15 is 0 Å². The lowest BCUT2D eigenvalue weighted by Gasteiger charge is -2.34. The smallest absolute Gasteiger partial charge is 0.122 e. The van der Waals surface area contributed by atoms with Crippen LogP contribution in [-0.4, -0.2) is 40.2 Å². The zero-order chi connectivity index (χ0) is 24.6. The van der Waals surface area contributed by atoms with Crippen molar-refractivity contribution in [1.29, 1.82) is 0 Å². The van der Waals surface area contributed by atoms with Gasteiger partial charge in [0.05, 0.1) is 12.2 Å². The minimum absolute atomic E-state index is 0.0722.